The summed E-state index contributed by atoms with van der Waals surface area (Å²) in [6.07, 6.45) is 2.96. The number of rotatable bonds is 7. The molecule has 1 aliphatic rings. The van der Waals surface area contributed by atoms with Crippen LogP contribution in [0.1, 0.15) is 22.3 Å². The molecule has 0 saturated heterocycles. The molecule has 144 valence electrons. The zero-order valence-corrected chi connectivity index (χ0v) is 16.5. The minimum absolute atomic E-state index is 0.134. The molecule has 0 N–H and O–H groups in total. The van der Waals surface area contributed by atoms with E-state index >= 15 is 0 Å². The summed E-state index contributed by atoms with van der Waals surface area (Å²) in [4.78, 5) is 30.9. The topological polar surface area (TPSA) is 73.7 Å². The number of ether oxygens (including phenoxy) is 2. The Morgan fingerprint density at radius 3 is 2.81 bits per heavy atom. The van der Waals surface area contributed by atoms with E-state index in [1.54, 1.807) is 30.7 Å². The molecule has 0 fully saturated rings. The summed E-state index contributed by atoms with van der Waals surface area (Å²) in [5.74, 6) is 1.92. The van der Waals surface area contributed by atoms with Gasteiger partial charge in [0.25, 0.3) is 11.5 Å². The molecule has 1 aromatic heterocycles. The third kappa shape index (κ3) is 4.10. The molecule has 0 spiro atoms. The molecular formula is C19H23N3O4S. The summed E-state index contributed by atoms with van der Waals surface area (Å²) >= 11 is 1.54. The SMILES string of the molecule is COc1ccc(CCCN(C)C(=O)c2cnc3n(c2=O)CCS3)cc1OC. The maximum Gasteiger partial charge on any atom is 0.267 e. The highest BCUT2D eigenvalue weighted by Gasteiger charge is 2.22. The third-order valence-corrected chi connectivity index (χ3v) is 5.51. The number of amides is 1. The average molecular weight is 389 g/mol. The Balaban J connectivity index is 1.61. The maximum absolute atomic E-state index is 12.6. The predicted octanol–water partition coefficient (Wildman–Crippen LogP) is 2.07. The number of nitrogens with zero attached hydrogens (tertiary/aromatic N) is 3. The van der Waals surface area contributed by atoms with Crippen LogP contribution in [-0.4, -0.2) is 53.9 Å². The Hall–Kier alpha value is -2.48. The van der Waals surface area contributed by atoms with Gasteiger partial charge in [0, 0.05) is 32.1 Å². The van der Waals surface area contributed by atoms with E-state index in [1.165, 1.54) is 18.0 Å². The fourth-order valence-corrected chi connectivity index (χ4v) is 3.94. The van der Waals surface area contributed by atoms with Crippen LogP contribution in [0.25, 0.3) is 0 Å². The van der Waals surface area contributed by atoms with Gasteiger partial charge in [-0.2, -0.15) is 0 Å². The minimum atomic E-state index is -0.285. The van der Waals surface area contributed by atoms with Gasteiger partial charge in [-0.1, -0.05) is 17.8 Å². The van der Waals surface area contributed by atoms with Crippen molar-refractivity contribution in [3.8, 4) is 11.5 Å². The van der Waals surface area contributed by atoms with Crippen molar-refractivity contribution in [3.63, 3.8) is 0 Å². The first-order valence-electron chi connectivity index (χ1n) is 8.74. The first-order valence-corrected chi connectivity index (χ1v) is 9.72. The number of thioether (sulfide) groups is 1. The van der Waals surface area contributed by atoms with Gasteiger partial charge in [-0.15, -0.1) is 0 Å². The number of carbonyl (C=O) groups is 1. The standard InChI is InChI=1S/C19H23N3O4S/c1-21(8-4-5-13-6-7-15(25-2)16(11-13)26-3)17(23)14-12-20-19-22(18(14)24)9-10-27-19/h6-7,11-12H,4-5,8-10H2,1-3H3. The van der Waals surface area contributed by atoms with Gasteiger partial charge in [0.2, 0.25) is 0 Å². The average Bonchev–Trinajstić information content (AvgIpc) is 3.17. The van der Waals surface area contributed by atoms with Crippen LogP contribution < -0.4 is 15.0 Å². The number of aryl methyl sites for hydroxylation is 1. The Morgan fingerprint density at radius 1 is 1.30 bits per heavy atom. The zero-order chi connectivity index (χ0) is 19.4. The number of aromatic nitrogens is 2. The molecule has 27 heavy (non-hydrogen) atoms. The minimum Gasteiger partial charge on any atom is -0.493 e. The zero-order valence-electron chi connectivity index (χ0n) is 15.7. The van der Waals surface area contributed by atoms with Gasteiger partial charge in [-0.3, -0.25) is 14.2 Å². The van der Waals surface area contributed by atoms with E-state index in [0.717, 1.165) is 24.2 Å². The van der Waals surface area contributed by atoms with Crippen molar-refractivity contribution < 1.29 is 14.3 Å². The van der Waals surface area contributed by atoms with Crippen LogP contribution in [0.3, 0.4) is 0 Å². The van der Waals surface area contributed by atoms with Crippen molar-refractivity contribution >= 4 is 17.7 Å². The van der Waals surface area contributed by atoms with Crippen LogP contribution in [0.4, 0.5) is 0 Å². The normalized spacial score (nSPS) is 12.6. The van der Waals surface area contributed by atoms with E-state index in [2.05, 4.69) is 4.98 Å². The van der Waals surface area contributed by atoms with Gasteiger partial charge in [-0.25, -0.2) is 4.98 Å². The lowest BCUT2D eigenvalue weighted by molar-refractivity contribution is 0.0790. The van der Waals surface area contributed by atoms with Gasteiger partial charge in [0.1, 0.15) is 5.56 Å². The second kappa shape index (κ2) is 8.47. The van der Waals surface area contributed by atoms with Crippen LogP contribution in [-0.2, 0) is 13.0 Å². The first-order chi connectivity index (χ1) is 13.0. The molecule has 7 nitrogen and oxygen atoms in total. The van der Waals surface area contributed by atoms with Crippen molar-refractivity contribution in [2.45, 2.75) is 24.5 Å². The molecule has 0 saturated carbocycles. The van der Waals surface area contributed by atoms with E-state index in [9.17, 15) is 9.59 Å². The lowest BCUT2D eigenvalue weighted by atomic mass is 10.1. The van der Waals surface area contributed by atoms with Crippen molar-refractivity contribution in [2.24, 2.45) is 0 Å². The number of fused-ring (bicyclic) bond motifs is 1. The molecule has 0 bridgehead atoms. The molecule has 1 aromatic carbocycles. The van der Waals surface area contributed by atoms with E-state index < -0.39 is 0 Å². The Kier molecular flexibility index (Phi) is 6.05. The number of hydrogen-bond acceptors (Lipinski definition) is 6. The Labute approximate surface area is 162 Å². The van der Waals surface area contributed by atoms with Crippen LogP contribution in [0.2, 0.25) is 0 Å². The van der Waals surface area contributed by atoms with Gasteiger partial charge < -0.3 is 14.4 Å². The van der Waals surface area contributed by atoms with Gasteiger partial charge >= 0.3 is 0 Å². The van der Waals surface area contributed by atoms with E-state index in [-0.39, 0.29) is 17.0 Å². The molecule has 2 aromatic rings. The van der Waals surface area contributed by atoms with Gasteiger partial charge in [0.05, 0.1) is 14.2 Å². The third-order valence-electron chi connectivity index (χ3n) is 4.54. The van der Waals surface area contributed by atoms with Gasteiger partial charge in [-0.05, 0) is 30.5 Å². The summed E-state index contributed by atoms with van der Waals surface area (Å²) in [5, 5.41) is 0.688. The maximum atomic E-state index is 12.6. The van der Waals surface area contributed by atoms with Crippen LogP contribution >= 0.6 is 11.8 Å². The predicted molar refractivity (Wildman–Crippen MR) is 104 cm³/mol. The van der Waals surface area contributed by atoms with E-state index in [1.807, 2.05) is 18.2 Å². The summed E-state index contributed by atoms with van der Waals surface area (Å²) in [5.41, 5.74) is 0.987. The van der Waals surface area contributed by atoms with Crippen LogP contribution in [0, 0.1) is 0 Å². The molecule has 0 radical (unpaired) electrons. The van der Waals surface area contributed by atoms with E-state index in [4.69, 9.17) is 9.47 Å². The molecule has 1 amide bonds. The Bertz CT molecular complexity index is 897. The fraction of sp³-hybridized carbons (Fsp3) is 0.421. The molecule has 0 atom stereocenters. The first kappa shape index (κ1) is 19.3. The Morgan fingerprint density at radius 2 is 2.07 bits per heavy atom. The summed E-state index contributed by atoms with van der Waals surface area (Å²) in [7, 11) is 4.92. The number of carbonyl (C=O) groups excluding carboxylic acids is 1. The lowest BCUT2D eigenvalue weighted by Gasteiger charge is -2.17. The number of methoxy groups -OCH3 is 2. The largest absolute Gasteiger partial charge is 0.493 e. The molecule has 0 unspecified atom stereocenters. The smallest absolute Gasteiger partial charge is 0.267 e. The summed E-state index contributed by atoms with van der Waals surface area (Å²) in [6, 6.07) is 5.80. The number of hydrogen-bond donors (Lipinski definition) is 0. The molecule has 8 heteroatoms. The lowest BCUT2D eigenvalue weighted by Crippen LogP contribution is -2.35. The van der Waals surface area contributed by atoms with Crippen molar-refractivity contribution in [1.29, 1.82) is 0 Å². The van der Waals surface area contributed by atoms with Gasteiger partial charge in [0.15, 0.2) is 16.7 Å². The highest BCUT2D eigenvalue weighted by Crippen LogP contribution is 2.28. The van der Waals surface area contributed by atoms with Crippen molar-refractivity contribution in [2.75, 3.05) is 33.6 Å². The highest BCUT2D eigenvalue weighted by atomic mass is 32.2. The van der Waals surface area contributed by atoms with Crippen molar-refractivity contribution in [3.05, 3.63) is 45.9 Å². The summed E-state index contributed by atoms with van der Waals surface area (Å²) < 4.78 is 12.1. The quantitative estimate of drug-likeness (QED) is 0.675. The fourth-order valence-electron chi connectivity index (χ4n) is 3.03. The van der Waals surface area contributed by atoms with Crippen LogP contribution in [0.15, 0.2) is 34.3 Å². The van der Waals surface area contributed by atoms with Crippen molar-refractivity contribution in [1.82, 2.24) is 14.5 Å². The monoisotopic (exact) mass is 389 g/mol. The molecular weight excluding hydrogens is 366 g/mol. The molecule has 1 aliphatic heterocycles. The van der Waals surface area contributed by atoms with E-state index in [0.29, 0.717) is 29.7 Å². The molecule has 3 rings (SSSR count). The van der Waals surface area contributed by atoms with Crippen LogP contribution in [0.5, 0.6) is 11.5 Å². The second-order valence-electron chi connectivity index (χ2n) is 6.28. The summed E-state index contributed by atoms with van der Waals surface area (Å²) in [6.45, 7) is 1.15. The number of benzene rings is 1. The second-order valence-corrected chi connectivity index (χ2v) is 7.34. The highest BCUT2D eigenvalue weighted by molar-refractivity contribution is 7.99. The molecule has 0 aliphatic carbocycles. The molecule has 2 heterocycles.